The molecule has 0 spiro atoms. The second-order valence-electron chi connectivity index (χ2n) is 4.02. The van der Waals surface area contributed by atoms with Crippen LogP contribution in [0.15, 0.2) is 0 Å². The molecule has 1 saturated carbocycles. The first-order chi connectivity index (χ1) is 6.16. The van der Waals surface area contributed by atoms with Gasteiger partial charge in [-0.1, -0.05) is 6.92 Å². The van der Waals surface area contributed by atoms with E-state index < -0.39 is 0 Å². The summed E-state index contributed by atoms with van der Waals surface area (Å²) < 4.78 is 0. The Morgan fingerprint density at radius 1 is 1.54 bits per heavy atom. The molecule has 4 nitrogen and oxygen atoms in total. The third-order valence-corrected chi connectivity index (χ3v) is 2.87. The van der Waals surface area contributed by atoms with E-state index in [0.717, 1.165) is 12.5 Å². The first kappa shape index (κ1) is 8.53. The highest BCUT2D eigenvalue weighted by atomic mass is 16.2. The summed E-state index contributed by atoms with van der Waals surface area (Å²) >= 11 is 0. The van der Waals surface area contributed by atoms with Crippen LogP contribution in [0.5, 0.6) is 0 Å². The van der Waals surface area contributed by atoms with Gasteiger partial charge in [-0.15, -0.1) is 0 Å². The summed E-state index contributed by atoms with van der Waals surface area (Å²) in [5.74, 6) is 1.27. The van der Waals surface area contributed by atoms with Crippen LogP contribution in [-0.4, -0.2) is 29.9 Å². The Balaban J connectivity index is 1.85. The Hall–Kier alpha value is -1.06. The topological polar surface area (TPSA) is 49.4 Å². The number of amides is 3. The average Bonchev–Trinajstić information content (AvgIpc) is 2.73. The van der Waals surface area contributed by atoms with Gasteiger partial charge in [0.15, 0.2) is 0 Å². The molecule has 2 unspecified atom stereocenters. The van der Waals surface area contributed by atoms with E-state index in [-0.39, 0.29) is 11.9 Å². The molecule has 3 amide bonds. The highest BCUT2D eigenvalue weighted by molar-refractivity contribution is 5.96. The zero-order valence-electron chi connectivity index (χ0n) is 7.75. The van der Waals surface area contributed by atoms with Gasteiger partial charge < -0.3 is 4.90 Å². The van der Waals surface area contributed by atoms with Crippen molar-refractivity contribution in [2.45, 2.75) is 19.8 Å². The normalized spacial score (nSPS) is 33.2. The molecule has 0 aromatic rings. The van der Waals surface area contributed by atoms with E-state index in [1.54, 1.807) is 4.90 Å². The average molecular weight is 182 g/mol. The number of nitrogens with one attached hydrogen (secondary N) is 1. The van der Waals surface area contributed by atoms with Gasteiger partial charge in [0.2, 0.25) is 5.91 Å². The van der Waals surface area contributed by atoms with Gasteiger partial charge in [0.05, 0.1) is 0 Å². The lowest BCUT2D eigenvalue weighted by Crippen LogP contribution is -2.50. The smallest absolute Gasteiger partial charge is 0.324 e. The molecule has 0 aromatic carbocycles. The summed E-state index contributed by atoms with van der Waals surface area (Å²) in [6.45, 7) is 3.60. The molecule has 1 aliphatic heterocycles. The van der Waals surface area contributed by atoms with Gasteiger partial charge >= 0.3 is 6.03 Å². The molecule has 2 rings (SSSR count). The molecule has 4 heteroatoms. The van der Waals surface area contributed by atoms with Crippen LogP contribution in [0.3, 0.4) is 0 Å². The maximum absolute atomic E-state index is 11.3. The van der Waals surface area contributed by atoms with Crippen LogP contribution < -0.4 is 5.32 Å². The maximum Gasteiger partial charge on any atom is 0.324 e. The van der Waals surface area contributed by atoms with Gasteiger partial charge in [-0.25, -0.2) is 4.79 Å². The van der Waals surface area contributed by atoms with Crippen LogP contribution in [-0.2, 0) is 4.79 Å². The van der Waals surface area contributed by atoms with Gasteiger partial charge in [-0.3, -0.25) is 10.1 Å². The Kier molecular flexibility index (Phi) is 1.98. The summed E-state index contributed by atoms with van der Waals surface area (Å²) in [5.41, 5.74) is 0. The number of imide groups is 1. The SMILES string of the molecule is CC1CC1CN1CCC(=O)NC1=O. The van der Waals surface area contributed by atoms with Crippen molar-refractivity contribution in [3.8, 4) is 0 Å². The summed E-state index contributed by atoms with van der Waals surface area (Å²) in [6, 6.07) is -0.213. The molecule has 1 saturated heterocycles. The molecule has 72 valence electrons. The van der Waals surface area contributed by atoms with Gasteiger partial charge in [0.1, 0.15) is 0 Å². The third kappa shape index (κ3) is 1.82. The predicted octanol–water partition coefficient (Wildman–Crippen LogP) is 0.584. The molecule has 1 heterocycles. The summed E-state index contributed by atoms with van der Waals surface area (Å²) in [6.07, 6.45) is 1.67. The van der Waals surface area contributed by atoms with Crippen molar-refractivity contribution in [2.75, 3.05) is 13.1 Å². The standard InChI is InChI=1S/C9H14N2O2/c1-6-4-7(6)5-11-3-2-8(12)10-9(11)13/h6-7H,2-5H2,1H3,(H,10,12,13). The van der Waals surface area contributed by atoms with Crippen LogP contribution in [0.2, 0.25) is 0 Å². The Bertz CT molecular complexity index is 252. The van der Waals surface area contributed by atoms with E-state index in [0.29, 0.717) is 18.9 Å². The summed E-state index contributed by atoms with van der Waals surface area (Å²) in [7, 11) is 0. The predicted molar refractivity (Wildman–Crippen MR) is 47.0 cm³/mol. The highest BCUT2D eigenvalue weighted by Gasteiger charge is 2.36. The van der Waals surface area contributed by atoms with E-state index in [9.17, 15) is 9.59 Å². The molecule has 2 atom stereocenters. The molecule has 13 heavy (non-hydrogen) atoms. The van der Waals surface area contributed by atoms with Crippen molar-refractivity contribution in [3.05, 3.63) is 0 Å². The molecule has 1 aliphatic carbocycles. The van der Waals surface area contributed by atoms with Crippen molar-refractivity contribution in [2.24, 2.45) is 11.8 Å². The number of rotatable bonds is 2. The molecule has 0 bridgehead atoms. The lowest BCUT2D eigenvalue weighted by Gasteiger charge is -2.26. The van der Waals surface area contributed by atoms with Crippen molar-refractivity contribution in [1.29, 1.82) is 0 Å². The number of carbonyl (C=O) groups excluding carboxylic acids is 2. The Morgan fingerprint density at radius 2 is 2.23 bits per heavy atom. The zero-order chi connectivity index (χ0) is 9.42. The molecule has 2 fully saturated rings. The van der Waals surface area contributed by atoms with Crippen molar-refractivity contribution in [3.63, 3.8) is 0 Å². The quantitative estimate of drug-likeness (QED) is 0.679. The van der Waals surface area contributed by atoms with Crippen LogP contribution in [0.25, 0.3) is 0 Å². The second kappa shape index (κ2) is 3.01. The maximum atomic E-state index is 11.3. The number of urea groups is 1. The van der Waals surface area contributed by atoms with Gasteiger partial charge in [0, 0.05) is 19.5 Å². The lowest BCUT2D eigenvalue weighted by molar-refractivity contribution is -0.121. The first-order valence-corrected chi connectivity index (χ1v) is 4.75. The Labute approximate surface area is 77.3 Å². The molecule has 2 aliphatic rings. The molecule has 1 N–H and O–H groups in total. The van der Waals surface area contributed by atoms with Crippen LogP contribution >= 0.6 is 0 Å². The number of hydrogen-bond acceptors (Lipinski definition) is 2. The first-order valence-electron chi connectivity index (χ1n) is 4.75. The van der Waals surface area contributed by atoms with Gasteiger partial charge in [-0.05, 0) is 18.3 Å². The van der Waals surface area contributed by atoms with E-state index in [4.69, 9.17) is 0 Å². The van der Waals surface area contributed by atoms with E-state index in [1.807, 2.05) is 0 Å². The van der Waals surface area contributed by atoms with Gasteiger partial charge in [-0.2, -0.15) is 0 Å². The van der Waals surface area contributed by atoms with E-state index in [1.165, 1.54) is 6.42 Å². The lowest BCUT2D eigenvalue weighted by atomic mass is 10.2. The minimum absolute atomic E-state index is 0.148. The minimum Gasteiger partial charge on any atom is -0.324 e. The minimum atomic E-state index is -0.213. The second-order valence-corrected chi connectivity index (χ2v) is 4.02. The summed E-state index contributed by atoms with van der Waals surface area (Å²) in [4.78, 5) is 23.8. The number of nitrogens with zero attached hydrogens (tertiary/aromatic N) is 1. The van der Waals surface area contributed by atoms with Crippen molar-refractivity contribution < 1.29 is 9.59 Å². The number of hydrogen-bond donors (Lipinski definition) is 1. The fraction of sp³-hybridized carbons (Fsp3) is 0.778. The van der Waals surface area contributed by atoms with Crippen LogP contribution in [0.4, 0.5) is 4.79 Å². The molecular weight excluding hydrogens is 168 g/mol. The van der Waals surface area contributed by atoms with Crippen molar-refractivity contribution in [1.82, 2.24) is 10.2 Å². The van der Waals surface area contributed by atoms with Crippen LogP contribution in [0.1, 0.15) is 19.8 Å². The largest absolute Gasteiger partial charge is 0.324 e. The highest BCUT2D eigenvalue weighted by Crippen LogP contribution is 2.38. The molecule has 0 aromatic heterocycles. The fourth-order valence-corrected chi connectivity index (χ4v) is 1.71. The van der Waals surface area contributed by atoms with Gasteiger partial charge in [0.25, 0.3) is 0 Å². The Morgan fingerprint density at radius 3 is 2.77 bits per heavy atom. The number of carbonyl (C=O) groups is 2. The fourth-order valence-electron chi connectivity index (χ4n) is 1.71. The van der Waals surface area contributed by atoms with E-state index >= 15 is 0 Å². The molecular formula is C9H14N2O2. The summed E-state index contributed by atoms with van der Waals surface area (Å²) in [5, 5.41) is 2.33. The molecule has 0 radical (unpaired) electrons. The van der Waals surface area contributed by atoms with Crippen molar-refractivity contribution >= 4 is 11.9 Å². The monoisotopic (exact) mass is 182 g/mol. The van der Waals surface area contributed by atoms with Crippen LogP contribution in [0, 0.1) is 11.8 Å². The zero-order valence-corrected chi connectivity index (χ0v) is 7.75. The third-order valence-electron chi connectivity index (χ3n) is 2.87. The van der Waals surface area contributed by atoms with E-state index in [2.05, 4.69) is 12.2 Å².